The van der Waals surface area contributed by atoms with Gasteiger partial charge in [-0.05, 0) is 12.0 Å². The molecule has 0 aromatic heterocycles. The van der Waals surface area contributed by atoms with E-state index < -0.39 is 0 Å². The van der Waals surface area contributed by atoms with Crippen LogP contribution in [0, 0.1) is 5.92 Å². The van der Waals surface area contributed by atoms with Gasteiger partial charge in [-0.2, -0.15) is 0 Å². The van der Waals surface area contributed by atoms with E-state index in [1.54, 1.807) is 0 Å². The summed E-state index contributed by atoms with van der Waals surface area (Å²) >= 11 is 0. The molecule has 0 radical (unpaired) electrons. The van der Waals surface area contributed by atoms with Gasteiger partial charge in [0.25, 0.3) is 0 Å². The molecule has 0 aliphatic rings. The zero-order chi connectivity index (χ0) is 8.57. The molecule has 60 valence electrons. The Kier molecular flexibility index (Phi) is 9.80. The first-order valence-corrected chi connectivity index (χ1v) is 3.59. The second-order valence-corrected chi connectivity index (χ2v) is 1.96. The van der Waals surface area contributed by atoms with Crippen LogP contribution in [0.3, 0.4) is 0 Å². The Balaban J connectivity index is 0. The van der Waals surface area contributed by atoms with Gasteiger partial charge in [-0.25, -0.2) is 0 Å². The van der Waals surface area contributed by atoms with Gasteiger partial charge in [0.2, 0.25) is 0 Å². The average molecular weight is 143 g/mol. The zero-order valence-corrected chi connectivity index (χ0v) is 7.22. The molecule has 0 atom stereocenters. The lowest BCUT2D eigenvalue weighted by atomic mass is 10.1. The number of allylic oxidation sites excluding steroid dienone is 2. The van der Waals surface area contributed by atoms with Gasteiger partial charge >= 0.3 is 0 Å². The lowest BCUT2D eigenvalue weighted by Gasteiger charge is -2.00. The summed E-state index contributed by atoms with van der Waals surface area (Å²) in [5.74, 6) is 0.278. The number of carbonyl (C=O) groups excluding carboxylic acids is 1. The van der Waals surface area contributed by atoms with E-state index in [1.807, 2.05) is 27.7 Å². The summed E-state index contributed by atoms with van der Waals surface area (Å²) in [7, 11) is 0. The van der Waals surface area contributed by atoms with Gasteiger partial charge in [0.1, 0.15) is 6.29 Å². The van der Waals surface area contributed by atoms with Gasteiger partial charge in [-0.1, -0.05) is 27.7 Å². The molecule has 0 heterocycles. The van der Waals surface area contributed by atoms with Crippen LogP contribution in [0.2, 0.25) is 0 Å². The Labute approximate surface area is 63.1 Å². The molecular formula is C8H17NO. The maximum Gasteiger partial charge on any atom is 0.144 e. The fourth-order valence-corrected chi connectivity index (χ4v) is 0.271. The Bertz CT molecular complexity index is 106. The van der Waals surface area contributed by atoms with Gasteiger partial charge in [-0.3, -0.25) is 4.79 Å². The van der Waals surface area contributed by atoms with Crippen LogP contribution in [-0.2, 0) is 4.79 Å². The molecule has 0 rings (SSSR count). The standard InChI is InChI=1S/C6H11NO.C2H6/c1-5(2)6(7)3-4-8;1-2/h3-5H,7H2,1-2H3;1-2H3/b6-3-;. The Morgan fingerprint density at radius 3 is 1.90 bits per heavy atom. The minimum atomic E-state index is 0.278. The molecule has 2 N–H and O–H groups in total. The average Bonchev–Trinajstić information content (AvgIpc) is 1.93. The molecule has 0 aliphatic carbocycles. The largest absolute Gasteiger partial charge is 0.402 e. The molecule has 0 spiro atoms. The van der Waals surface area contributed by atoms with E-state index >= 15 is 0 Å². The van der Waals surface area contributed by atoms with Crippen molar-refractivity contribution < 1.29 is 4.79 Å². The van der Waals surface area contributed by atoms with Crippen LogP contribution in [0.5, 0.6) is 0 Å². The summed E-state index contributed by atoms with van der Waals surface area (Å²) in [5, 5.41) is 0. The van der Waals surface area contributed by atoms with Crippen molar-refractivity contribution in [3.8, 4) is 0 Å². The van der Waals surface area contributed by atoms with Crippen LogP contribution in [-0.4, -0.2) is 6.29 Å². The van der Waals surface area contributed by atoms with Crippen molar-refractivity contribution in [1.29, 1.82) is 0 Å². The van der Waals surface area contributed by atoms with E-state index in [1.165, 1.54) is 6.08 Å². The smallest absolute Gasteiger partial charge is 0.144 e. The molecule has 0 saturated heterocycles. The summed E-state index contributed by atoms with van der Waals surface area (Å²) in [4.78, 5) is 9.76. The highest BCUT2D eigenvalue weighted by molar-refractivity contribution is 5.65. The highest BCUT2D eigenvalue weighted by Crippen LogP contribution is 1.99. The number of carbonyl (C=O) groups is 1. The molecule has 0 saturated carbocycles. The molecule has 0 unspecified atom stereocenters. The van der Waals surface area contributed by atoms with Crippen molar-refractivity contribution in [1.82, 2.24) is 0 Å². The topological polar surface area (TPSA) is 43.1 Å². The highest BCUT2D eigenvalue weighted by Gasteiger charge is 1.93. The van der Waals surface area contributed by atoms with Crippen molar-refractivity contribution in [3.63, 3.8) is 0 Å². The summed E-state index contributed by atoms with van der Waals surface area (Å²) < 4.78 is 0. The normalized spacial score (nSPS) is 10.3. The Morgan fingerprint density at radius 2 is 1.80 bits per heavy atom. The molecule has 0 bridgehead atoms. The van der Waals surface area contributed by atoms with E-state index in [0.29, 0.717) is 12.0 Å². The summed E-state index contributed by atoms with van der Waals surface area (Å²) in [6.45, 7) is 7.88. The summed E-state index contributed by atoms with van der Waals surface area (Å²) in [6.07, 6.45) is 2.08. The maximum absolute atomic E-state index is 9.76. The van der Waals surface area contributed by atoms with E-state index in [2.05, 4.69) is 0 Å². The lowest BCUT2D eigenvalue weighted by Crippen LogP contribution is -2.04. The van der Waals surface area contributed by atoms with Gasteiger partial charge in [0.05, 0.1) is 0 Å². The molecule has 0 aromatic rings. The number of aldehydes is 1. The van der Waals surface area contributed by atoms with Gasteiger partial charge in [0, 0.05) is 5.70 Å². The number of rotatable bonds is 2. The Hall–Kier alpha value is -0.790. The molecule has 2 heteroatoms. The molecule has 0 fully saturated rings. The first kappa shape index (κ1) is 11.9. The monoisotopic (exact) mass is 143 g/mol. The van der Waals surface area contributed by atoms with E-state index in [-0.39, 0.29) is 5.92 Å². The summed E-state index contributed by atoms with van der Waals surface area (Å²) in [6, 6.07) is 0. The third kappa shape index (κ3) is 7.21. The van der Waals surface area contributed by atoms with Crippen molar-refractivity contribution in [2.45, 2.75) is 27.7 Å². The minimum Gasteiger partial charge on any atom is -0.402 e. The molecular weight excluding hydrogens is 126 g/mol. The van der Waals surface area contributed by atoms with Crippen LogP contribution in [0.25, 0.3) is 0 Å². The molecule has 2 nitrogen and oxygen atoms in total. The van der Waals surface area contributed by atoms with Crippen LogP contribution in [0.15, 0.2) is 11.8 Å². The van der Waals surface area contributed by atoms with E-state index in [0.717, 1.165) is 0 Å². The maximum atomic E-state index is 9.76. The van der Waals surface area contributed by atoms with E-state index in [9.17, 15) is 4.79 Å². The predicted molar refractivity (Wildman–Crippen MR) is 44.5 cm³/mol. The molecule has 0 amide bonds. The SMILES string of the molecule is CC.CC(C)/C(N)=C/C=O. The van der Waals surface area contributed by atoms with Gasteiger partial charge in [0.15, 0.2) is 0 Å². The molecule has 0 aliphatic heterocycles. The van der Waals surface area contributed by atoms with Gasteiger partial charge < -0.3 is 5.73 Å². The van der Waals surface area contributed by atoms with Crippen LogP contribution < -0.4 is 5.73 Å². The third-order valence-corrected chi connectivity index (χ3v) is 0.927. The van der Waals surface area contributed by atoms with Crippen LogP contribution in [0.4, 0.5) is 0 Å². The predicted octanol–water partition coefficient (Wildman–Crippen LogP) is 1.71. The Morgan fingerprint density at radius 1 is 1.40 bits per heavy atom. The fourth-order valence-electron chi connectivity index (χ4n) is 0.271. The quantitative estimate of drug-likeness (QED) is 0.472. The van der Waals surface area contributed by atoms with Crippen LogP contribution >= 0.6 is 0 Å². The second kappa shape index (κ2) is 8.21. The van der Waals surface area contributed by atoms with Crippen molar-refractivity contribution in [3.05, 3.63) is 11.8 Å². The van der Waals surface area contributed by atoms with Crippen LogP contribution in [0.1, 0.15) is 27.7 Å². The number of hydrogen-bond acceptors (Lipinski definition) is 2. The minimum absolute atomic E-state index is 0.278. The van der Waals surface area contributed by atoms with Crippen molar-refractivity contribution >= 4 is 6.29 Å². The van der Waals surface area contributed by atoms with Gasteiger partial charge in [-0.15, -0.1) is 0 Å². The first-order chi connectivity index (χ1) is 4.68. The number of hydrogen-bond donors (Lipinski definition) is 1. The summed E-state index contributed by atoms with van der Waals surface area (Å²) in [5.41, 5.74) is 6.00. The van der Waals surface area contributed by atoms with E-state index in [4.69, 9.17) is 5.73 Å². The molecule has 10 heavy (non-hydrogen) atoms. The second-order valence-electron chi connectivity index (χ2n) is 1.96. The number of nitrogens with two attached hydrogens (primary N) is 1. The zero-order valence-electron chi connectivity index (χ0n) is 7.22. The first-order valence-electron chi connectivity index (χ1n) is 3.59. The fraction of sp³-hybridized carbons (Fsp3) is 0.625. The third-order valence-electron chi connectivity index (χ3n) is 0.927. The molecule has 0 aromatic carbocycles. The highest BCUT2D eigenvalue weighted by atomic mass is 16.1. The van der Waals surface area contributed by atoms with Crippen molar-refractivity contribution in [2.24, 2.45) is 11.7 Å². The lowest BCUT2D eigenvalue weighted by molar-refractivity contribution is -0.104. The van der Waals surface area contributed by atoms with Crippen molar-refractivity contribution in [2.75, 3.05) is 0 Å².